The number of rotatable bonds is 7. The smallest absolute Gasteiger partial charge is 0.407 e. The van der Waals surface area contributed by atoms with Gasteiger partial charge in [-0.3, -0.25) is 14.5 Å². The summed E-state index contributed by atoms with van der Waals surface area (Å²) < 4.78 is 5.13. The number of benzene rings is 1. The highest BCUT2D eigenvalue weighted by Crippen LogP contribution is 2.11. The van der Waals surface area contributed by atoms with E-state index in [-0.39, 0.29) is 30.8 Å². The van der Waals surface area contributed by atoms with Gasteiger partial charge in [0, 0.05) is 37.8 Å². The Labute approximate surface area is 172 Å². The van der Waals surface area contributed by atoms with E-state index in [4.69, 9.17) is 4.74 Å². The normalized spacial score (nSPS) is 15.4. The summed E-state index contributed by atoms with van der Waals surface area (Å²) in [5, 5.41) is 8.46. The maximum Gasteiger partial charge on any atom is 0.407 e. The third-order valence-electron chi connectivity index (χ3n) is 4.40. The van der Waals surface area contributed by atoms with Gasteiger partial charge in [-0.25, -0.2) is 4.79 Å². The molecular formula is C21H32N4O4. The van der Waals surface area contributed by atoms with Gasteiger partial charge >= 0.3 is 6.09 Å². The molecule has 8 nitrogen and oxygen atoms in total. The number of anilines is 1. The lowest BCUT2D eigenvalue weighted by molar-refractivity contribution is -0.122. The fraction of sp³-hybridized carbons (Fsp3) is 0.571. The number of carbonyl (C=O) groups is 3. The van der Waals surface area contributed by atoms with Crippen molar-refractivity contribution >= 4 is 23.6 Å². The molecule has 0 radical (unpaired) electrons. The van der Waals surface area contributed by atoms with Crippen molar-refractivity contribution in [2.75, 3.05) is 31.5 Å². The Balaban J connectivity index is 1.59. The van der Waals surface area contributed by atoms with Gasteiger partial charge in [-0.2, -0.15) is 0 Å². The van der Waals surface area contributed by atoms with E-state index in [2.05, 4.69) is 20.9 Å². The topological polar surface area (TPSA) is 99.8 Å². The van der Waals surface area contributed by atoms with E-state index in [9.17, 15) is 14.4 Å². The van der Waals surface area contributed by atoms with Crippen LogP contribution < -0.4 is 16.0 Å². The number of piperidine rings is 1. The second-order valence-electron chi connectivity index (χ2n) is 8.21. The summed E-state index contributed by atoms with van der Waals surface area (Å²) in [4.78, 5) is 37.8. The van der Waals surface area contributed by atoms with Crippen molar-refractivity contribution in [1.82, 2.24) is 15.5 Å². The highest BCUT2D eigenvalue weighted by Gasteiger charge is 2.22. The van der Waals surface area contributed by atoms with Crippen LogP contribution in [0, 0.1) is 0 Å². The Morgan fingerprint density at radius 2 is 1.72 bits per heavy atom. The van der Waals surface area contributed by atoms with Crippen LogP contribution in [0.2, 0.25) is 0 Å². The molecule has 0 aliphatic carbocycles. The molecular weight excluding hydrogens is 372 g/mol. The summed E-state index contributed by atoms with van der Waals surface area (Å²) in [7, 11) is 0. The molecule has 29 heavy (non-hydrogen) atoms. The molecule has 2 rings (SSSR count). The highest BCUT2D eigenvalue weighted by atomic mass is 16.6. The molecule has 0 atom stereocenters. The molecule has 1 fully saturated rings. The number of carbonyl (C=O) groups excluding carboxylic acids is 3. The Morgan fingerprint density at radius 3 is 2.34 bits per heavy atom. The van der Waals surface area contributed by atoms with Crippen LogP contribution in [0.4, 0.5) is 10.5 Å². The molecule has 1 aromatic rings. The molecule has 0 spiro atoms. The number of nitrogens with zero attached hydrogens (tertiary/aromatic N) is 1. The highest BCUT2D eigenvalue weighted by molar-refractivity contribution is 5.92. The lowest BCUT2D eigenvalue weighted by Gasteiger charge is -2.31. The average molecular weight is 405 g/mol. The van der Waals surface area contributed by atoms with Crippen molar-refractivity contribution in [3.63, 3.8) is 0 Å². The summed E-state index contributed by atoms with van der Waals surface area (Å²) in [6.07, 6.45) is 1.28. The summed E-state index contributed by atoms with van der Waals surface area (Å²) in [5.74, 6) is -0.131. The van der Waals surface area contributed by atoms with Crippen LogP contribution >= 0.6 is 0 Å². The van der Waals surface area contributed by atoms with E-state index in [0.717, 1.165) is 31.6 Å². The van der Waals surface area contributed by atoms with E-state index in [0.29, 0.717) is 6.54 Å². The maximum absolute atomic E-state index is 12.1. The van der Waals surface area contributed by atoms with Gasteiger partial charge in [0.05, 0.1) is 6.54 Å². The lowest BCUT2D eigenvalue weighted by atomic mass is 10.0. The van der Waals surface area contributed by atoms with Crippen LogP contribution in [0.1, 0.15) is 40.0 Å². The van der Waals surface area contributed by atoms with Crippen molar-refractivity contribution in [1.29, 1.82) is 0 Å². The van der Waals surface area contributed by atoms with Crippen LogP contribution in [0.5, 0.6) is 0 Å². The minimum absolute atomic E-state index is 0.0353. The van der Waals surface area contributed by atoms with Crippen molar-refractivity contribution in [3.05, 3.63) is 30.3 Å². The maximum atomic E-state index is 12.1. The molecule has 1 aliphatic rings. The molecule has 160 valence electrons. The minimum atomic E-state index is -0.557. The largest absolute Gasteiger partial charge is 0.444 e. The molecule has 0 unspecified atom stereocenters. The monoisotopic (exact) mass is 404 g/mol. The predicted octanol–water partition coefficient (Wildman–Crippen LogP) is 2.12. The van der Waals surface area contributed by atoms with Crippen LogP contribution in [0.25, 0.3) is 0 Å². The van der Waals surface area contributed by atoms with Gasteiger partial charge in [-0.05, 0) is 45.7 Å². The van der Waals surface area contributed by atoms with Crippen LogP contribution in [-0.2, 0) is 14.3 Å². The molecule has 3 amide bonds. The van der Waals surface area contributed by atoms with Crippen LogP contribution in [0.3, 0.4) is 0 Å². The summed E-state index contributed by atoms with van der Waals surface area (Å²) in [6.45, 7) is 7.45. The van der Waals surface area contributed by atoms with Crippen LogP contribution in [-0.4, -0.2) is 60.6 Å². The Bertz CT molecular complexity index is 680. The fourth-order valence-corrected chi connectivity index (χ4v) is 3.05. The minimum Gasteiger partial charge on any atom is -0.444 e. The summed E-state index contributed by atoms with van der Waals surface area (Å²) in [5.41, 5.74) is 0.234. The summed E-state index contributed by atoms with van der Waals surface area (Å²) >= 11 is 0. The second kappa shape index (κ2) is 10.8. The molecule has 0 aromatic heterocycles. The average Bonchev–Trinajstić information content (AvgIpc) is 2.62. The SMILES string of the molecule is CC(C)(C)OC(=O)NCCC(=O)NC1CCN(CC(=O)Nc2ccccc2)CC1. The number of nitrogens with one attached hydrogen (secondary N) is 3. The zero-order valence-corrected chi connectivity index (χ0v) is 17.5. The van der Waals surface area contributed by atoms with Crippen molar-refractivity contribution < 1.29 is 19.1 Å². The Hall–Kier alpha value is -2.61. The molecule has 0 saturated carbocycles. The van der Waals surface area contributed by atoms with Gasteiger partial charge in [0.1, 0.15) is 5.60 Å². The number of amides is 3. The molecule has 1 heterocycles. The van der Waals surface area contributed by atoms with Gasteiger partial charge in [0.25, 0.3) is 0 Å². The first kappa shape index (κ1) is 22.7. The van der Waals surface area contributed by atoms with Crippen LogP contribution in [0.15, 0.2) is 30.3 Å². The molecule has 1 aromatic carbocycles. The van der Waals surface area contributed by atoms with Crippen molar-refractivity contribution in [3.8, 4) is 0 Å². The van der Waals surface area contributed by atoms with E-state index >= 15 is 0 Å². The van der Waals surface area contributed by atoms with Crippen molar-refractivity contribution in [2.45, 2.75) is 51.7 Å². The quantitative estimate of drug-likeness (QED) is 0.646. The zero-order valence-electron chi connectivity index (χ0n) is 17.5. The molecule has 3 N–H and O–H groups in total. The van der Waals surface area contributed by atoms with E-state index in [1.807, 2.05) is 30.3 Å². The van der Waals surface area contributed by atoms with Gasteiger partial charge < -0.3 is 20.7 Å². The molecule has 1 aliphatic heterocycles. The number of para-hydroxylation sites is 1. The number of hydrogen-bond donors (Lipinski definition) is 3. The summed E-state index contributed by atoms with van der Waals surface area (Å²) in [6, 6.07) is 9.48. The van der Waals surface area contributed by atoms with Gasteiger partial charge in [-0.1, -0.05) is 18.2 Å². The Morgan fingerprint density at radius 1 is 1.07 bits per heavy atom. The number of alkyl carbamates (subject to hydrolysis) is 1. The lowest BCUT2D eigenvalue weighted by Crippen LogP contribution is -2.47. The Kier molecular flexibility index (Phi) is 8.45. The number of hydrogen-bond acceptors (Lipinski definition) is 5. The van der Waals surface area contributed by atoms with E-state index in [1.54, 1.807) is 20.8 Å². The first-order chi connectivity index (χ1) is 13.7. The predicted molar refractivity (Wildman–Crippen MR) is 112 cm³/mol. The number of likely N-dealkylation sites (tertiary alicyclic amines) is 1. The van der Waals surface area contributed by atoms with Gasteiger partial charge in [-0.15, -0.1) is 0 Å². The molecule has 1 saturated heterocycles. The fourth-order valence-electron chi connectivity index (χ4n) is 3.05. The first-order valence-electron chi connectivity index (χ1n) is 10.0. The van der Waals surface area contributed by atoms with Gasteiger partial charge in [0.2, 0.25) is 11.8 Å². The number of ether oxygens (including phenoxy) is 1. The molecule has 0 bridgehead atoms. The third-order valence-corrected chi connectivity index (χ3v) is 4.40. The third kappa shape index (κ3) is 9.43. The van der Waals surface area contributed by atoms with Crippen molar-refractivity contribution in [2.24, 2.45) is 0 Å². The first-order valence-corrected chi connectivity index (χ1v) is 10.0. The van der Waals surface area contributed by atoms with E-state index in [1.165, 1.54) is 0 Å². The second-order valence-corrected chi connectivity index (χ2v) is 8.21. The molecule has 8 heteroatoms. The zero-order chi connectivity index (χ0) is 21.3. The van der Waals surface area contributed by atoms with Gasteiger partial charge in [0.15, 0.2) is 0 Å². The van der Waals surface area contributed by atoms with E-state index < -0.39 is 11.7 Å². The standard InChI is InChI=1S/C21H32N4O4/c1-21(2,3)29-20(28)22-12-9-18(26)23-17-10-13-25(14-11-17)15-19(27)24-16-7-5-4-6-8-16/h4-8,17H,9-15H2,1-3H3,(H,22,28)(H,23,26)(H,24,27).